The van der Waals surface area contributed by atoms with Gasteiger partial charge in [0.15, 0.2) is 17.2 Å². The van der Waals surface area contributed by atoms with Crippen molar-refractivity contribution in [3.8, 4) is 0 Å². The molecule has 2 aromatic heterocycles. The minimum atomic E-state index is -2.77. The highest BCUT2D eigenvalue weighted by Gasteiger charge is 2.16. The molecule has 2 N–H and O–H groups in total. The van der Waals surface area contributed by atoms with Crippen LogP contribution in [0.15, 0.2) is 34.7 Å². The number of nitrogens with zero attached hydrogens (tertiary/aromatic N) is 3. The third-order valence-corrected chi connectivity index (χ3v) is 3.30. The van der Waals surface area contributed by atoms with Gasteiger partial charge < -0.3 is 14.8 Å². The van der Waals surface area contributed by atoms with Gasteiger partial charge in [-0.15, -0.1) is 0 Å². The second kappa shape index (κ2) is 8.70. The van der Waals surface area contributed by atoms with Gasteiger partial charge in [-0.05, 0) is 25.1 Å². The van der Waals surface area contributed by atoms with E-state index in [-0.39, 0.29) is 24.4 Å². The molecule has 0 aliphatic carbocycles. The largest absolute Gasteiger partial charge is 0.483 e. The first-order valence-corrected chi connectivity index (χ1v) is 7.51. The first-order valence-electron chi connectivity index (χ1n) is 7.51. The standard InChI is InChI=1S/C15H14F2N4O2.CH2O2/c1-9-8-11(20-21(9)15(16)17)14(22)18-7-6-13-19-10-4-2-3-5-12(10)23-13;2-1-3/h2-5,8,15H,6-7H2,1H3,(H,18,22);1H,(H,2,3). The number of aromatic nitrogens is 3. The number of fused-ring (bicyclic) bond motifs is 1. The van der Waals surface area contributed by atoms with Gasteiger partial charge in [0, 0.05) is 18.7 Å². The van der Waals surface area contributed by atoms with Crippen LogP contribution in [0, 0.1) is 6.92 Å². The lowest BCUT2D eigenvalue weighted by Gasteiger charge is -2.01. The van der Waals surface area contributed by atoms with E-state index in [0.29, 0.717) is 22.6 Å². The van der Waals surface area contributed by atoms with Crippen LogP contribution < -0.4 is 5.32 Å². The van der Waals surface area contributed by atoms with Crippen molar-refractivity contribution in [3.05, 3.63) is 47.6 Å². The molecule has 0 bridgehead atoms. The molecule has 3 aromatic rings. The molecule has 0 fully saturated rings. The SMILES string of the molecule is Cc1cc(C(=O)NCCc2nc3ccccc3o2)nn1C(F)F.O=CO. The van der Waals surface area contributed by atoms with Gasteiger partial charge in [0.25, 0.3) is 12.4 Å². The molecule has 2 heterocycles. The summed E-state index contributed by atoms with van der Waals surface area (Å²) in [5.74, 6) is -0.00981. The van der Waals surface area contributed by atoms with E-state index in [4.69, 9.17) is 14.3 Å². The number of rotatable bonds is 5. The van der Waals surface area contributed by atoms with Crippen molar-refractivity contribution in [1.29, 1.82) is 0 Å². The maximum atomic E-state index is 12.6. The van der Waals surface area contributed by atoms with Gasteiger partial charge in [-0.3, -0.25) is 9.59 Å². The predicted octanol–water partition coefficient (Wildman–Crippen LogP) is 2.40. The van der Waals surface area contributed by atoms with Crippen molar-refractivity contribution in [2.75, 3.05) is 6.54 Å². The second-order valence-electron chi connectivity index (χ2n) is 5.08. The number of nitrogens with one attached hydrogen (secondary N) is 1. The van der Waals surface area contributed by atoms with Crippen molar-refractivity contribution in [1.82, 2.24) is 20.1 Å². The number of hydrogen-bond donors (Lipinski definition) is 2. The Kier molecular flexibility index (Phi) is 6.36. The third kappa shape index (κ3) is 4.62. The number of benzene rings is 1. The minimum absolute atomic E-state index is 0.0413. The molecule has 3 rings (SSSR count). The van der Waals surface area contributed by atoms with Gasteiger partial charge in [0.1, 0.15) is 5.52 Å². The van der Waals surface area contributed by atoms with Crippen LogP contribution in [0.5, 0.6) is 0 Å². The minimum Gasteiger partial charge on any atom is -0.483 e. The molecular weight excluding hydrogens is 350 g/mol. The topological polar surface area (TPSA) is 110 Å². The molecule has 10 heteroatoms. The normalized spacial score (nSPS) is 10.5. The first-order chi connectivity index (χ1) is 12.5. The van der Waals surface area contributed by atoms with Gasteiger partial charge in [0.2, 0.25) is 0 Å². The zero-order valence-corrected chi connectivity index (χ0v) is 13.7. The second-order valence-corrected chi connectivity index (χ2v) is 5.08. The molecule has 1 aromatic carbocycles. The van der Waals surface area contributed by atoms with Gasteiger partial charge in [-0.25, -0.2) is 9.67 Å². The van der Waals surface area contributed by atoms with Gasteiger partial charge in [-0.2, -0.15) is 13.9 Å². The van der Waals surface area contributed by atoms with E-state index in [0.717, 1.165) is 5.52 Å². The molecule has 0 saturated carbocycles. The Labute approximate surface area is 146 Å². The van der Waals surface area contributed by atoms with Crippen LogP contribution in [0.3, 0.4) is 0 Å². The predicted molar refractivity (Wildman–Crippen MR) is 87.0 cm³/mol. The lowest BCUT2D eigenvalue weighted by Crippen LogP contribution is -2.26. The molecule has 8 nitrogen and oxygen atoms in total. The number of para-hydroxylation sites is 2. The Morgan fingerprint density at radius 1 is 1.42 bits per heavy atom. The zero-order chi connectivity index (χ0) is 19.1. The summed E-state index contributed by atoms with van der Waals surface area (Å²) in [5.41, 5.74) is 1.62. The highest BCUT2D eigenvalue weighted by atomic mass is 19.3. The van der Waals surface area contributed by atoms with Crippen molar-refractivity contribution < 1.29 is 27.9 Å². The van der Waals surface area contributed by atoms with Crippen LogP contribution in [0.2, 0.25) is 0 Å². The molecule has 138 valence electrons. The van der Waals surface area contributed by atoms with E-state index in [1.54, 1.807) is 0 Å². The van der Waals surface area contributed by atoms with Crippen LogP contribution in [0.4, 0.5) is 8.78 Å². The lowest BCUT2D eigenvalue weighted by atomic mass is 10.3. The average molecular weight is 366 g/mol. The van der Waals surface area contributed by atoms with Crippen LogP contribution in [0.25, 0.3) is 11.1 Å². The smallest absolute Gasteiger partial charge is 0.333 e. The number of carbonyl (C=O) groups is 2. The maximum absolute atomic E-state index is 12.6. The fourth-order valence-corrected chi connectivity index (χ4v) is 2.20. The Balaban J connectivity index is 0.000000758. The fourth-order valence-electron chi connectivity index (χ4n) is 2.20. The van der Waals surface area contributed by atoms with Crippen molar-refractivity contribution in [2.24, 2.45) is 0 Å². The van der Waals surface area contributed by atoms with E-state index in [9.17, 15) is 13.6 Å². The highest BCUT2D eigenvalue weighted by Crippen LogP contribution is 2.15. The Bertz CT molecular complexity index is 858. The molecule has 26 heavy (non-hydrogen) atoms. The Morgan fingerprint density at radius 3 is 2.73 bits per heavy atom. The van der Waals surface area contributed by atoms with Crippen molar-refractivity contribution >= 4 is 23.5 Å². The van der Waals surface area contributed by atoms with E-state index in [2.05, 4.69) is 15.4 Å². The van der Waals surface area contributed by atoms with E-state index >= 15 is 0 Å². The van der Waals surface area contributed by atoms with Crippen LogP contribution in [-0.4, -0.2) is 38.8 Å². The molecule has 0 saturated heterocycles. The summed E-state index contributed by atoms with van der Waals surface area (Å²) < 4.78 is 31.3. The van der Waals surface area contributed by atoms with Crippen molar-refractivity contribution in [2.45, 2.75) is 19.9 Å². The average Bonchev–Trinajstić information content (AvgIpc) is 3.18. The number of aryl methyl sites for hydroxylation is 1. The number of halogens is 2. The number of amides is 1. The number of alkyl halides is 2. The molecule has 0 aliphatic heterocycles. The van der Waals surface area contributed by atoms with Gasteiger partial charge in [-0.1, -0.05) is 12.1 Å². The summed E-state index contributed by atoms with van der Waals surface area (Å²) >= 11 is 0. The third-order valence-electron chi connectivity index (χ3n) is 3.30. The monoisotopic (exact) mass is 366 g/mol. The fraction of sp³-hybridized carbons (Fsp3) is 0.250. The number of carboxylic acid groups (broad SMARTS) is 1. The first kappa shape index (κ1) is 19.0. The summed E-state index contributed by atoms with van der Waals surface area (Å²) in [7, 11) is 0. The summed E-state index contributed by atoms with van der Waals surface area (Å²) in [5, 5.41) is 13.1. The van der Waals surface area contributed by atoms with Crippen LogP contribution in [-0.2, 0) is 11.2 Å². The number of hydrogen-bond acceptors (Lipinski definition) is 5. The summed E-state index contributed by atoms with van der Waals surface area (Å²) in [6.07, 6.45) is 0.398. The van der Waals surface area contributed by atoms with E-state index in [1.807, 2.05) is 24.3 Å². The molecule has 0 atom stereocenters. The van der Waals surface area contributed by atoms with Crippen molar-refractivity contribution in [3.63, 3.8) is 0 Å². The quantitative estimate of drug-likeness (QED) is 0.671. The van der Waals surface area contributed by atoms with E-state index < -0.39 is 12.5 Å². The molecule has 0 radical (unpaired) electrons. The Morgan fingerprint density at radius 2 is 2.12 bits per heavy atom. The lowest BCUT2D eigenvalue weighted by molar-refractivity contribution is -0.122. The number of carbonyl (C=O) groups excluding carboxylic acids is 1. The van der Waals surface area contributed by atoms with Gasteiger partial charge >= 0.3 is 6.55 Å². The molecule has 0 aliphatic rings. The molecule has 0 unspecified atom stereocenters. The van der Waals surface area contributed by atoms with Gasteiger partial charge in [0.05, 0.1) is 0 Å². The Hall–Kier alpha value is -3.30. The molecule has 1 amide bonds. The van der Waals surface area contributed by atoms with Crippen LogP contribution in [0.1, 0.15) is 28.6 Å². The summed E-state index contributed by atoms with van der Waals surface area (Å²) in [4.78, 5) is 24.6. The molecule has 0 spiro atoms. The molecular formula is C16H16F2N4O4. The number of oxazole rings is 1. The van der Waals surface area contributed by atoms with Crippen LogP contribution >= 0.6 is 0 Å². The summed E-state index contributed by atoms with van der Waals surface area (Å²) in [6, 6.07) is 8.67. The summed E-state index contributed by atoms with van der Waals surface area (Å²) in [6.45, 7) is -1.28. The zero-order valence-electron chi connectivity index (χ0n) is 13.7. The maximum Gasteiger partial charge on any atom is 0.333 e. The van der Waals surface area contributed by atoms with E-state index in [1.165, 1.54) is 13.0 Å². The highest BCUT2D eigenvalue weighted by molar-refractivity contribution is 5.92.